The van der Waals surface area contributed by atoms with Crippen molar-refractivity contribution in [2.75, 3.05) is 40.3 Å². The first-order valence-corrected chi connectivity index (χ1v) is 6.23. The molecule has 0 aromatic carbocycles. The number of nitrogens with zero attached hydrogens (tertiary/aromatic N) is 2. The van der Waals surface area contributed by atoms with Crippen LogP contribution < -0.4 is 5.32 Å². The van der Waals surface area contributed by atoms with E-state index in [-0.39, 0.29) is 11.9 Å². The van der Waals surface area contributed by atoms with Crippen LogP contribution in [-0.2, 0) is 4.79 Å². The van der Waals surface area contributed by atoms with Crippen molar-refractivity contribution >= 4 is 5.91 Å². The van der Waals surface area contributed by atoms with E-state index in [9.17, 15) is 4.79 Å². The summed E-state index contributed by atoms with van der Waals surface area (Å²) in [7, 11) is 3.95. The molecule has 94 valence electrons. The molecule has 0 saturated carbocycles. The molecule has 4 heteroatoms. The lowest BCUT2D eigenvalue weighted by atomic mass is 10.1. The highest BCUT2D eigenvalue weighted by atomic mass is 16.2. The second-order valence-electron chi connectivity index (χ2n) is 4.90. The van der Waals surface area contributed by atoms with Crippen molar-refractivity contribution in [3.63, 3.8) is 0 Å². The van der Waals surface area contributed by atoms with Gasteiger partial charge in [0.25, 0.3) is 0 Å². The molecule has 2 unspecified atom stereocenters. The predicted molar refractivity (Wildman–Crippen MR) is 66.4 cm³/mol. The largest absolute Gasteiger partial charge is 0.341 e. The number of carbonyl (C=O) groups excluding carboxylic acids is 1. The van der Waals surface area contributed by atoms with Gasteiger partial charge in [0.2, 0.25) is 5.91 Å². The van der Waals surface area contributed by atoms with Crippen LogP contribution in [0, 0.1) is 5.92 Å². The van der Waals surface area contributed by atoms with E-state index >= 15 is 0 Å². The Morgan fingerprint density at radius 2 is 2.12 bits per heavy atom. The van der Waals surface area contributed by atoms with Crippen LogP contribution in [0.2, 0.25) is 0 Å². The molecule has 1 heterocycles. The Morgan fingerprint density at radius 3 is 2.69 bits per heavy atom. The zero-order valence-electron chi connectivity index (χ0n) is 11.0. The average molecular weight is 227 g/mol. The molecular weight excluding hydrogens is 202 g/mol. The normalized spacial score (nSPS) is 28.2. The van der Waals surface area contributed by atoms with Crippen molar-refractivity contribution in [1.82, 2.24) is 15.1 Å². The summed E-state index contributed by atoms with van der Waals surface area (Å²) >= 11 is 0. The van der Waals surface area contributed by atoms with Crippen molar-refractivity contribution < 1.29 is 4.79 Å². The highest BCUT2D eigenvalue weighted by Gasteiger charge is 2.31. The van der Waals surface area contributed by atoms with Crippen LogP contribution in [0.5, 0.6) is 0 Å². The zero-order valence-corrected chi connectivity index (χ0v) is 11.0. The summed E-state index contributed by atoms with van der Waals surface area (Å²) in [5, 5.41) is 3.11. The molecule has 1 saturated heterocycles. The fourth-order valence-electron chi connectivity index (χ4n) is 2.45. The molecule has 1 aliphatic heterocycles. The van der Waals surface area contributed by atoms with Crippen molar-refractivity contribution in [2.24, 2.45) is 5.92 Å². The number of amides is 1. The van der Waals surface area contributed by atoms with E-state index in [0.29, 0.717) is 5.92 Å². The molecule has 1 fully saturated rings. The summed E-state index contributed by atoms with van der Waals surface area (Å²) in [5.41, 5.74) is 0. The van der Waals surface area contributed by atoms with E-state index in [1.165, 1.54) is 0 Å². The third kappa shape index (κ3) is 3.19. The highest BCUT2D eigenvalue weighted by Crippen LogP contribution is 2.14. The van der Waals surface area contributed by atoms with Gasteiger partial charge in [-0.3, -0.25) is 9.69 Å². The average Bonchev–Trinajstić information content (AvgIpc) is 2.31. The Balaban J connectivity index is 2.77. The van der Waals surface area contributed by atoms with E-state index in [0.717, 1.165) is 32.6 Å². The topological polar surface area (TPSA) is 35.6 Å². The molecule has 4 nitrogen and oxygen atoms in total. The summed E-state index contributed by atoms with van der Waals surface area (Å²) in [5.74, 6) is 0.838. The second kappa shape index (κ2) is 6.21. The zero-order chi connectivity index (χ0) is 12.1. The van der Waals surface area contributed by atoms with Crippen LogP contribution in [0.3, 0.4) is 0 Å². The Morgan fingerprint density at radius 1 is 1.44 bits per heavy atom. The molecule has 1 rings (SSSR count). The smallest absolute Gasteiger partial charge is 0.241 e. The van der Waals surface area contributed by atoms with E-state index in [1.807, 2.05) is 19.0 Å². The van der Waals surface area contributed by atoms with Crippen molar-refractivity contribution in [2.45, 2.75) is 26.3 Å². The SMILES string of the molecule is CCCN1CC(C)CN(C)C(CNC)C1=O. The second-order valence-corrected chi connectivity index (χ2v) is 4.90. The van der Waals surface area contributed by atoms with Crippen LogP contribution >= 0.6 is 0 Å². The van der Waals surface area contributed by atoms with E-state index in [2.05, 4.69) is 24.1 Å². The molecule has 16 heavy (non-hydrogen) atoms. The highest BCUT2D eigenvalue weighted by molar-refractivity contribution is 5.82. The number of nitrogens with one attached hydrogen (secondary N) is 1. The van der Waals surface area contributed by atoms with Crippen LogP contribution in [-0.4, -0.2) is 62.0 Å². The van der Waals surface area contributed by atoms with Gasteiger partial charge >= 0.3 is 0 Å². The lowest BCUT2D eigenvalue weighted by molar-refractivity contribution is -0.135. The summed E-state index contributed by atoms with van der Waals surface area (Å²) in [6, 6.07) is 0.00139. The van der Waals surface area contributed by atoms with E-state index in [1.54, 1.807) is 0 Å². The third-order valence-electron chi connectivity index (χ3n) is 3.15. The first-order chi connectivity index (χ1) is 7.60. The Kier molecular flexibility index (Phi) is 5.22. The fraction of sp³-hybridized carbons (Fsp3) is 0.917. The maximum Gasteiger partial charge on any atom is 0.241 e. The molecule has 0 spiro atoms. The number of likely N-dealkylation sites (N-methyl/N-ethyl adjacent to an activating group) is 2. The first kappa shape index (κ1) is 13.5. The van der Waals surface area contributed by atoms with Gasteiger partial charge in [-0.25, -0.2) is 0 Å². The van der Waals surface area contributed by atoms with Crippen molar-refractivity contribution in [3.05, 3.63) is 0 Å². The molecule has 0 bridgehead atoms. The molecule has 1 amide bonds. The molecule has 0 aliphatic carbocycles. The monoisotopic (exact) mass is 227 g/mol. The van der Waals surface area contributed by atoms with Gasteiger partial charge < -0.3 is 10.2 Å². The summed E-state index contributed by atoms with van der Waals surface area (Å²) in [4.78, 5) is 16.5. The van der Waals surface area contributed by atoms with Crippen molar-refractivity contribution in [3.8, 4) is 0 Å². The molecular formula is C12H25N3O. The molecule has 1 aliphatic rings. The Labute approximate surface area is 99.0 Å². The predicted octanol–water partition coefficient (Wildman–Crippen LogP) is 0.395. The lowest BCUT2D eigenvalue weighted by Gasteiger charge is -2.27. The van der Waals surface area contributed by atoms with E-state index in [4.69, 9.17) is 0 Å². The fourth-order valence-corrected chi connectivity index (χ4v) is 2.45. The minimum Gasteiger partial charge on any atom is -0.341 e. The Bertz CT molecular complexity index is 232. The van der Waals surface area contributed by atoms with Crippen LogP contribution in [0.15, 0.2) is 0 Å². The van der Waals surface area contributed by atoms with Gasteiger partial charge in [-0.1, -0.05) is 13.8 Å². The van der Waals surface area contributed by atoms with Gasteiger partial charge in [0.1, 0.15) is 6.04 Å². The van der Waals surface area contributed by atoms with Crippen LogP contribution in [0.4, 0.5) is 0 Å². The molecule has 1 N–H and O–H groups in total. The van der Waals surface area contributed by atoms with Crippen molar-refractivity contribution in [1.29, 1.82) is 0 Å². The van der Waals surface area contributed by atoms with Gasteiger partial charge in [-0.2, -0.15) is 0 Å². The first-order valence-electron chi connectivity index (χ1n) is 6.23. The molecule has 0 aromatic heterocycles. The maximum absolute atomic E-state index is 12.3. The van der Waals surface area contributed by atoms with Crippen LogP contribution in [0.25, 0.3) is 0 Å². The van der Waals surface area contributed by atoms with Gasteiger partial charge in [0.05, 0.1) is 0 Å². The van der Waals surface area contributed by atoms with Gasteiger partial charge in [-0.05, 0) is 26.4 Å². The molecule has 2 atom stereocenters. The number of hydrogen-bond donors (Lipinski definition) is 1. The quantitative estimate of drug-likeness (QED) is 0.755. The molecule has 0 radical (unpaired) electrons. The summed E-state index contributed by atoms with van der Waals surface area (Å²) in [6.07, 6.45) is 1.04. The van der Waals surface area contributed by atoms with E-state index < -0.39 is 0 Å². The van der Waals surface area contributed by atoms with Gasteiger partial charge in [0, 0.05) is 26.2 Å². The molecule has 0 aromatic rings. The summed E-state index contributed by atoms with van der Waals surface area (Å²) < 4.78 is 0. The number of carbonyl (C=O) groups is 1. The third-order valence-corrected chi connectivity index (χ3v) is 3.15. The van der Waals surface area contributed by atoms with Gasteiger partial charge in [-0.15, -0.1) is 0 Å². The van der Waals surface area contributed by atoms with Crippen LogP contribution in [0.1, 0.15) is 20.3 Å². The summed E-state index contributed by atoms with van der Waals surface area (Å²) in [6.45, 7) is 7.86. The maximum atomic E-state index is 12.3. The minimum atomic E-state index is 0.00139. The number of rotatable bonds is 4. The number of hydrogen-bond acceptors (Lipinski definition) is 3. The Hall–Kier alpha value is -0.610. The van der Waals surface area contributed by atoms with Gasteiger partial charge in [0.15, 0.2) is 0 Å². The minimum absolute atomic E-state index is 0.00139. The standard InChI is InChI=1S/C12H25N3O/c1-5-6-15-9-10(2)8-14(4)11(7-13-3)12(15)16/h10-11,13H,5-9H2,1-4H3. The lowest BCUT2D eigenvalue weighted by Crippen LogP contribution is -2.49.